The van der Waals surface area contributed by atoms with E-state index in [0.29, 0.717) is 12.6 Å². The maximum atomic E-state index is 12.9. The Balaban J connectivity index is 2.04. The van der Waals surface area contributed by atoms with Gasteiger partial charge in [-0.2, -0.15) is 0 Å². The van der Waals surface area contributed by atoms with Crippen LogP contribution in [0.3, 0.4) is 0 Å². The number of hydrogen-bond donors (Lipinski definition) is 0. The van der Waals surface area contributed by atoms with Crippen LogP contribution in [0.5, 0.6) is 0 Å². The van der Waals surface area contributed by atoms with Gasteiger partial charge in [-0.25, -0.2) is 4.39 Å². The van der Waals surface area contributed by atoms with Crippen LogP contribution >= 0.6 is 0 Å². The Bertz CT molecular complexity index is 430. The molecule has 1 aliphatic rings. The van der Waals surface area contributed by atoms with Crippen molar-refractivity contribution in [3.8, 4) is 0 Å². The van der Waals surface area contributed by atoms with Gasteiger partial charge in [-0.3, -0.25) is 4.79 Å². The Labute approximate surface area is 114 Å². The lowest BCUT2D eigenvalue weighted by Crippen LogP contribution is -2.45. The van der Waals surface area contributed by atoms with Gasteiger partial charge in [-0.05, 0) is 50.7 Å². The van der Waals surface area contributed by atoms with Crippen molar-refractivity contribution in [2.75, 3.05) is 20.1 Å². The van der Waals surface area contributed by atoms with Gasteiger partial charge in [0.1, 0.15) is 5.82 Å². The molecule has 1 saturated heterocycles. The van der Waals surface area contributed by atoms with Crippen LogP contribution in [-0.4, -0.2) is 49.6 Å². The lowest BCUT2D eigenvalue weighted by Gasteiger charge is -2.37. The maximum absolute atomic E-state index is 12.9. The Morgan fingerprint density at radius 1 is 1.37 bits per heavy atom. The van der Waals surface area contributed by atoms with Gasteiger partial charge in [0.25, 0.3) is 0 Å². The number of nitrogens with zero attached hydrogens (tertiary/aromatic N) is 2. The molecule has 1 heterocycles. The van der Waals surface area contributed by atoms with E-state index in [1.54, 1.807) is 20.0 Å². The number of halogens is 1. The first-order valence-electron chi connectivity index (χ1n) is 6.76. The molecule has 0 unspecified atom stereocenters. The third-order valence-electron chi connectivity index (χ3n) is 3.80. The number of likely N-dealkylation sites (tertiary alicyclic amines) is 1. The smallest absolute Gasteiger partial charge is 0.215 e. The molecular weight excluding hydrogens is 242 g/mol. The number of rotatable bonds is 3. The topological polar surface area (TPSA) is 23.6 Å². The molecule has 1 aliphatic heterocycles. The van der Waals surface area contributed by atoms with E-state index in [1.165, 1.54) is 12.1 Å². The van der Waals surface area contributed by atoms with E-state index in [0.717, 1.165) is 31.5 Å². The minimum Gasteiger partial charge on any atom is -0.345 e. The molecule has 0 aliphatic carbocycles. The van der Waals surface area contributed by atoms with Crippen molar-refractivity contribution in [2.24, 2.45) is 0 Å². The zero-order valence-electron chi connectivity index (χ0n) is 11.6. The molecule has 0 bridgehead atoms. The van der Waals surface area contributed by atoms with E-state index in [9.17, 15) is 9.18 Å². The van der Waals surface area contributed by atoms with Crippen LogP contribution in [0, 0.1) is 5.82 Å². The number of amides is 1. The third kappa shape index (κ3) is 3.80. The molecule has 0 N–H and O–H groups in total. The summed E-state index contributed by atoms with van der Waals surface area (Å²) in [5.41, 5.74) is 0.982. The van der Waals surface area contributed by atoms with Gasteiger partial charge in [-0.15, -0.1) is 0 Å². The monoisotopic (exact) mass is 262 g/mol. The summed E-state index contributed by atoms with van der Waals surface area (Å²) in [4.78, 5) is 16.0. The summed E-state index contributed by atoms with van der Waals surface area (Å²) in [6.07, 6.45) is 2.02. The van der Waals surface area contributed by atoms with Gasteiger partial charge in [0.05, 0.1) is 0 Å². The molecule has 5 heteroatoms. The predicted molar refractivity (Wildman–Crippen MR) is 76.4 cm³/mol. The van der Waals surface area contributed by atoms with Crippen LogP contribution in [0.4, 0.5) is 9.18 Å². The zero-order chi connectivity index (χ0) is 13.8. The van der Waals surface area contributed by atoms with Crippen LogP contribution < -0.4 is 0 Å². The van der Waals surface area contributed by atoms with Gasteiger partial charge in [0.2, 0.25) is 7.85 Å². The van der Waals surface area contributed by atoms with E-state index >= 15 is 0 Å². The van der Waals surface area contributed by atoms with Crippen LogP contribution in [0.1, 0.15) is 18.4 Å². The van der Waals surface area contributed by atoms with Gasteiger partial charge in [0.15, 0.2) is 5.81 Å². The number of carbonyl (C=O) groups is 1. The second kappa shape index (κ2) is 6.19. The Kier molecular flexibility index (Phi) is 4.58. The average molecular weight is 262 g/mol. The maximum Gasteiger partial charge on any atom is 0.215 e. The number of benzene rings is 1. The van der Waals surface area contributed by atoms with Gasteiger partial charge >= 0.3 is 0 Å². The first kappa shape index (κ1) is 14.1. The first-order chi connectivity index (χ1) is 9.06. The van der Waals surface area contributed by atoms with Gasteiger partial charge in [0, 0.05) is 12.6 Å². The third-order valence-corrected chi connectivity index (χ3v) is 3.80. The van der Waals surface area contributed by atoms with E-state index in [-0.39, 0.29) is 11.6 Å². The van der Waals surface area contributed by atoms with E-state index < -0.39 is 0 Å². The van der Waals surface area contributed by atoms with Gasteiger partial charge < -0.3 is 9.80 Å². The van der Waals surface area contributed by atoms with Crippen molar-refractivity contribution < 1.29 is 9.18 Å². The van der Waals surface area contributed by atoms with E-state index in [1.807, 2.05) is 4.90 Å². The largest absolute Gasteiger partial charge is 0.345 e. The summed E-state index contributed by atoms with van der Waals surface area (Å²) in [5, 5.41) is 0. The van der Waals surface area contributed by atoms with E-state index in [4.69, 9.17) is 0 Å². The minimum atomic E-state index is -0.239. The molecule has 0 radical (unpaired) electrons. The molecule has 0 spiro atoms. The summed E-state index contributed by atoms with van der Waals surface area (Å²) < 4.78 is 12.9. The van der Waals surface area contributed by atoms with E-state index in [2.05, 4.69) is 11.9 Å². The summed E-state index contributed by atoms with van der Waals surface area (Å²) in [7, 11) is 3.72. The first-order valence-corrected chi connectivity index (χ1v) is 6.76. The fourth-order valence-corrected chi connectivity index (χ4v) is 2.59. The zero-order valence-corrected chi connectivity index (χ0v) is 11.6. The molecule has 1 aromatic carbocycles. The van der Waals surface area contributed by atoms with Crippen molar-refractivity contribution in [1.29, 1.82) is 0 Å². The Hall–Kier alpha value is -1.36. The van der Waals surface area contributed by atoms with Crippen molar-refractivity contribution in [3.63, 3.8) is 0 Å². The molecule has 102 valence electrons. The molecule has 0 atom stereocenters. The molecule has 1 fully saturated rings. The number of hydrogen-bond acceptors (Lipinski definition) is 2. The highest BCUT2D eigenvalue weighted by molar-refractivity contribution is 6.56. The number of piperidine rings is 1. The summed E-state index contributed by atoms with van der Waals surface area (Å²) >= 11 is 0. The Morgan fingerprint density at radius 2 is 1.95 bits per heavy atom. The minimum absolute atomic E-state index is 0.0962. The van der Waals surface area contributed by atoms with Crippen molar-refractivity contribution in [2.45, 2.75) is 25.4 Å². The number of carbonyl (C=O) groups excluding carboxylic acids is 1. The van der Waals surface area contributed by atoms with Crippen LogP contribution in [-0.2, 0) is 6.54 Å². The van der Waals surface area contributed by atoms with Crippen molar-refractivity contribution >= 4 is 13.7 Å². The fourth-order valence-electron chi connectivity index (χ4n) is 2.59. The summed E-state index contributed by atoms with van der Waals surface area (Å²) in [6.45, 7) is 2.62. The average Bonchev–Trinajstić information content (AvgIpc) is 2.39. The van der Waals surface area contributed by atoms with Crippen molar-refractivity contribution in [1.82, 2.24) is 9.80 Å². The normalized spacial score (nSPS) is 17.4. The predicted octanol–water partition coefficient (Wildman–Crippen LogP) is 1.48. The highest BCUT2D eigenvalue weighted by Gasteiger charge is 2.24. The van der Waals surface area contributed by atoms with Crippen LogP contribution in [0.2, 0.25) is 0 Å². The van der Waals surface area contributed by atoms with Crippen molar-refractivity contribution in [3.05, 3.63) is 35.6 Å². The molecule has 2 rings (SSSR count). The highest BCUT2D eigenvalue weighted by atomic mass is 19.1. The quantitative estimate of drug-likeness (QED) is 0.770. The molecule has 0 aromatic heterocycles. The molecule has 1 aromatic rings. The molecule has 1 amide bonds. The fraction of sp³-hybridized carbons (Fsp3) is 0.500. The second-order valence-corrected chi connectivity index (χ2v) is 5.31. The SMILES string of the molecule is BC(=O)N(Cc1ccc(F)cc1)C1CCN(C)CC1. The summed E-state index contributed by atoms with van der Waals surface area (Å²) in [5.74, 6) is -0.142. The highest BCUT2D eigenvalue weighted by Crippen LogP contribution is 2.18. The van der Waals surface area contributed by atoms with Crippen LogP contribution in [0.25, 0.3) is 0 Å². The standard InChI is InChI=1S/C14H20BFN2O/c1-17-8-6-13(7-9-17)18(14(15)19)10-11-2-4-12(16)5-3-11/h2-5,13H,6-10,15H2,1H3. The molecule has 3 nitrogen and oxygen atoms in total. The molecule has 19 heavy (non-hydrogen) atoms. The Morgan fingerprint density at radius 3 is 2.47 bits per heavy atom. The molecule has 0 saturated carbocycles. The lowest BCUT2D eigenvalue weighted by atomic mass is 9.98. The second-order valence-electron chi connectivity index (χ2n) is 5.31. The van der Waals surface area contributed by atoms with Gasteiger partial charge in [-0.1, -0.05) is 12.1 Å². The molecular formula is C14H20BFN2O. The lowest BCUT2D eigenvalue weighted by molar-refractivity contribution is 0.141. The van der Waals surface area contributed by atoms with Crippen LogP contribution in [0.15, 0.2) is 24.3 Å². The summed E-state index contributed by atoms with van der Waals surface area (Å²) in [6, 6.07) is 6.70.